The van der Waals surface area contributed by atoms with Crippen molar-refractivity contribution in [2.24, 2.45) is 5.92 Å². The molecule has 0 aromatic heterocycles. The van der Waals surface area contributed by atoms with Crippen LogP contribution in [0.3, 0.4) is 0 Å². The first-order valence-corrected chi connectivity index (χ1v) is 9.88. The molecular weight excluding hydrogens is 328 g/mol. The Balaban J connectivity index is 1.45. The zero-order valence-electron chi connectivity index (χ0n) is 16.2. The van der Waals surface area contributed by atoms with E-state index in [0.29, 0.717) is 6.04 Å². The molecule has 0 aliphatic carbocycles. The minimum absolute atomic E-state index is 0.0976. The predicted octanol–water partition coefficient (Wildman–Crippen LogP) is 2.93. The third kappa shape index (κ3) is 5.21. The van der Waals surface area contributed by atoms with Gasteiger partial charge < -0.3 is 14.4 Å². The molecule has 2 heterocycles. The van der Waals surface area contributed by atoms with Crippen molar-refractivity contribution >= 4 is 5.91 Å². The van der Waals surface area contributed by atoms with E-state index < -0.39 is 0 Å². The molecule has 1 aromatic rings. The molecule has 26 heavy (non-hydrogen) atoms. The van der Waals surface area contributed by atoms with Gasteiger partial charge in [0.05, 0.1) is 6.61 Å². The lowest BCUT2D eigenvalue weighted by Gasteiger charge is -2.30. The van der Waals surface area contributed by atoms with Gasteiger partial charge in [-0.1, -0.05) is 19.1 Å². The molecule has 5 heteroatoms. The van der Waals surface area contributed by atoms with Crippen LogP contribution in [-0.2, 0) is 16.1 Å². The summed E-state index contributed by atoms with van der Waals surface area (Å²) in [7, 11) is 1.77. The summed E-state index contributed by atoms with van der Waals surface area (Å²) in [5.41, 5.74) is 1.27. The smallest absolute Gasteiger partial charge is 0.260 e. The van der Waals surface area contributed by atoms with Gasteiger partial charge in [-0.3, -0.25) is 9.69 Å². The van der Waals surface area contributed by atoms with E-state index in [1.54, 1.807) is 7.11 Å². The third-order valence-corrected chi connectivity index (χ3v) is 5.67. The Morgan fingerprint density at radius 1 is 1.12 bits per heavy atom. The molecule has 2 aliphatic heterocycles. The van der Waals surface area contributed by atoms with E-state index in [0.717, 1.165) is 57.3 Å². The van der Waals surface area contributed by atoms with Gasteiger partial charge in [-0.05, 0) is 55.8 Å². The fourth-order valence-corrected chi connectivity index (χ4v) is 3.90. The van der Waals surface area contributed by atoms with Crippen LogP contribution in [0.4, 0.5) is 0 Å². The molecule has 0 saturated carbocycles. The first kappa shape index (κ1) is 19.2. The minimum atomic E-state index is 0.0976. The average molecular weight is 360 g/mol. The van der Waals surface area contributed by atoms with Crippen molar-refractivity contribution in [1.29, 1.82) is 0 Å². The van der Waals surface area contributed by atoms with E-state index in [1.165, 1.54) is 18.4 Å². The lowest BCUT2D eigenvalue weighted by molar-refractivity contribution is -0.134. The summed E-state index contributed by atoms with van der Waals surface area (Å²) in [6.45, 7) is 6.99. The molecule has 3 rings (SSSR count). The van der Waals surface area contributed by atoms with Crippen LogP contribution in [0.2, 0.25) is 0 Å². The number of likely N-dealkylation sites (tertiary alicyclic amines) is 2. The van der Waals surface area contributed by atoms with Crippen molar-refractivity contribution in [2.75, 3.05) is 40.0 Å². The van der Waals surface area contributed by atoms with Gasteiger partial charge in [0, 0.05) is 32.8 Å². The molecule has 2 saturated heterocycles. The second kappa shape index (κ2) is 9.38. The van der Waals surface area contributed by atoms with Gasteiger partial charge in [0.15, 0.2) is 6.61 Å². The highest BCUT2D eigenvalue weighted by molar-refractivity contribution is 5.77. The van der Waals surface area contributed by atoms with Crippen LogP contribution >= 0.6 is 0 Å². The Morgan fingerprint density at radius 2 is 1.85 bits per heavy atom. The topological polar surface area (TPSA) is 42.0 Å². The number of hydrogen-bond donors (Lipinski definition) is 0. The number of nitrogens with zero attached hydrogens (tertiary/aromatic N) is 2. The Kier molecular flexibility index (Phi) is 6.92. The summed E-state index contributed by atoms with van der Waals surface area (Å²) >= 11 is 0. The summed E-state index contributed by atoms with van der Waals surface area (Å²) < 4.78 is 11.0. The maximum atomic E-state index is 12.3. The summed E-state index contributed by atoms with van der Waals surface area (Å²) in [6, 6.07) is 8.68. The zero-order chi connectivity index (χ0) is 18.4. The van der Waals surface area contributed by atoms with Gasteiger partial charge in [0.25, 0.3) is 5.91 Å². The van der Waals surface area contributed by atoms with Gasteiger partial charge >= 0.3 is 0 Å². The van der Waals surface area contributed by atoms with Gasteiger partial charge in [-0.25, -0.2) is 0 Å². The molecule has 2 aliphatic rings. The minimum Gasteiger partial charge on any atom is -0.484 e. The molecule has 1 amide bonds. The lowest BCUT2D eigenvalue weighted by atomic mass is 9.99. The number of benzene rings is 1. The Hall–Kier alpha value is -1.59. The SMILES string of the molecule is COC[C@@H]1CCCN1Cc1ccc(OCC(=O)N2CCC(C)CC2)cc1. The van der Waals surface area contributed by atoms with Gasteiger partial charge in [-0.15, -0.1) is 0 Å². The van der Waals surface area contributed by atoms with Crippen LogP contribution in [-0.4, -0.2) is 61.7 Å². The maximum Gasteiger partial charge on any atom is 0.260 e. The number of piperidine rings is 1. The van der Waals surface area contributed by atoms with E-state index in [9.17, 15) is 4.79 Å². The highest BCUT2D eigenvalue weighted by atomic mass is 16.5. The maximum absolute atomic E-state index is 12.3. The van der Waals surface area contributed by atoms with E-state index in [1.807, 2.05) is 17.0 Å². The van der Waals surface area contributed by atoms with Crippen molar-refractivity contribution < 1.29 is 14.3 Å². The number of carbonyl (C=O) groups excluding carboxylic acids is 1. The Labute approximate surface area is 157 Å². The Bertz CT molecular complexity index is 567. The summed E-state index contributed by atoms with van der Waals surface area (Å²) in [4.78, 5) is 16.7. The van der Waals surface area contributed by atoms with E-state index in [2.05, 4.69) is 24.0 Å². The molecule has 0 unspecified atom stereocenters. The molecule has 1 aromatic carbocycles. The average Bonchev–Trinajstić information content (AvgIpc) is 3.09. The van der Waals surface area contributed by atoms with Crippen LogP contribution in [0.5, 0.6) is 5.75 Å². The number of hydrogen-bond acceptors (Lipinski definition) is 4. The number of rotatable bonds is 7. The first-order valence-electron chi connectivity index (χ1n) is 9.88. The van der Waals surface area contributed by atoms with Gasteiger partial charge in [-0.2, -0.15) is 0 Å². The molecule has 0 N–H and O–H groups in total. The van der Waals surface area contributed by atoms with Crippen LogP contribution in [0, 0.1) is 5.92 Å². The normalized spacial score (nSPS) is 21.9. The second-order valence-electron chi connectivity index (χ2n) is 7.72. The van der Waals surface area contributed by atoms with Crippen molar-refractivity contribution in [1.82, 2.24) is 9.80 Å². The molecule has 2 fully saturated rings. The number of methoxy groups -OCH3 is 1. The number of ether oxygens (including phenoxy) is 2. The summed E-state index contributed by atoms with van der Waals surface area (Å²) in [6.07, 6.45) is 4.65. The lowest BCUT2D eigenvalue weighted by Crippen LogP contribution is -2.40. The van der Waals surface area contributed by atoms with Crippen molar-refractivity contribution in [3.63, 3.8) is 0 Å². The zero-order valence-corrected chi connectivity index (χ0v) is 16.2. The number of amides is 1. The molecule has 0 spiro atoms. The molecule has 0 bridgehead atoms. The third-order valence-electron chi connectivity index (χ3n) is 5.67. The Morgan fingerprint density at radius 3 is 2.54 bits per heavy atom. The molecular formula is C21H32N2O3. The van der Waals surface area contributed by atoms with Crippen LogP contribution in [0.15, 0.2) is 24.3 Å². The quantitative estimate of drug-likeness (QED) is 0.750. The van der Waals surface area contributed by atoms with Gasteiger partial charge in [0.1, 0.15) is 5.75 Å². The molecule has 0 radical (unpaired) electrons. The molecule has 144 valence electrons. The summed E-state index contributed by atoms with van der Waals surface area (Å²) in [5, 5.41) is 0. The van der Waals surface area contributed by atoms with E-state index >= 15 is 0 Å². The van der Waals surface area contributed by atoms with Crippen LogP contribution < -0.4 is 4.74 Å². The summed E-state index contributed by atoms with van der Waals surface area (Å²) in [5.74, 6) is 1.59. The van der Waals surface area contributed by atoms with Crippen LogP contribution in [0.1, 0.15) is 38.2 Å². The van der Waals surface area contributed by atoms with Crippen molar-refractivity contribution in [2.45, 2.75) is 45.2 Å². The second-order valence-corrected chi connectivity index (χ2v) is 7.72. The number of carbonyl (C=O) groups is 1. The van der Waals surface area contributed by atoms with Gasteiger partial charge in [0.2, 0.25) is 0 Å². The van der Waals surface area contributed by atoms with Crippen molar-refractivity contribution in [3.8, 4) is 5.75 Å². The van der Waals surface area contributed by atoms with E-state index in [-0.39, 0.29) is 12.5 Å². The van der Waals surface area contributed by atoms with Crippen molar-refractivity contribution in [3.05, 3.63) is 29.8 Å². The highest BCUT2D eigenvalue weighted by Crippen LogP contribution is 2.22. The van der Waals surface area contributed by atoms with Crippen LogP contribution in [0.25, 0.3) is 0 Å². The monoisotopic (exact) mass is 360 g/mol. The molecule has 5 nitrogen and oxygen atoms in total. The fraction of sp³-hybridized carbons (Fsp3) is 0.667. The predicted molar refractivity (Wildman–Crippen MR) is 102 cm³/mol. The van der Waals surface area contributed by atoms with E-state index in [4.69, 9.17) is 9.47 Å². The highest BCUT2D eigenvalue weighted by Gasteiger charge is 2.24. The fourth-order valence-electron chi connectivity index (χ4n) is 3.90. The standard InChI is InChI=1S/C21H32N2O3/c1-17-9-12-22(13-10-17)21(24)16-26-20-7-5-18(6-8-20)14-23-11-3-4-19(23)15-25-2/h5-8,17,19H,3-4,9-16H2,1-2H3/t19-/m0/s1. The largest absolute Gasteiger partial charge is 0.484 e. The molecule has 1 atom stereocenters. The first-order chi connectivity index (χ1) is 12.7.